The predicted molar refractivity (Wildman–Crippen MR) is 82.5 cm³/mol. The van der Waals surface area contributed by atoms with Crippen molar-refractivity contribution in [3.8, 4) is 5.75 Å². The molecule has 0 aromatic heterocycles. The number of methoxy groups -OCH3 is 1. The van der Waals surface area contributed by atoms with Gasteiger partial charge in [-0.2, -0.15) is 0 Å². The Morgan fingerprint density at radius 2 is 1.80 bits per heavy atom. The molecule has 1 rings (SSSR count). The van der Waals surface area contributed by atoms with E-state index in [1.54, 1.807) is 14.2 Å². The van der Waals surface area contributed by atoms with Crippen molar-refractivity contribution in [1.29, 1.82) is 0 Å². The van der Waals surface area contributed by atoms with E-state index >= 15 is 0 Å². The average molecular weight is 279 g/mol. The minimum atomic E-state index is 0.664. The average Bonchev–Trinajstić information content (AvgIpc) is 2.47. The summed E-state index contributed by atoms with van der Waals surface area (Å²) in [5.74, 6) is 1.70. The van der Waals surface area contributed by atoms with Gasteiger partial charge in [-0.25, -0.2) is 0 Å². The number of aliphatic imine (C=N–C) groups is 1. The smallest absolute Gasteiger partial charge is 0.191 e. The van der Waals surface area contributed by atoms with E-state index < -0.39 is 0 Å². The van der Waals surface area contributed by atoms with Gasteiger partial charge in [0.2, 0.25) is 0 Å². The Morgan fingerprint density at radius 3 is 2.45 bits per heavy atom. The maximum Gasteiger partial charge on any atom is 0.191 e. The number of ether oxygens (including phenoxy) is 2. The molecule has 5 heteroatoms. The molecule has 0 amide bonds. The van der Waals surface area contributed by atoms with Crippen LogP contribution in [-0.2, 0) is 4.74 Å². The van der Waals surface area contributed by atoms with Crippen molar-refractivity contribution in [2.24, 2.45) is 4.99 Å². The minimum absolute atomic E-state index is 0.664. The van der Waals surface area contributed by atoms with E-state index in [1.165, 1.54) is 5.56 Å². The molecule has 1 aromatic rings. The molecule has 0 saturated carbocycles. The first-order chi connectivity index (χ1) is 9.76. The monoisotopic (exact) mass is 279 g/mol. The summed E-state index contributed by atoms with van der Waals surface area (Å²) in [6.45, 7) is 4.98. The van der Waals surface area contributed by atoms with Gasteiger partial charge in [-0.1, -0.05) is 17.7 Å². The van der Waals surface area contributed by atoms with Gasteiger partial charge in [0, 0.05) is 27.2 Å². The fourth-order valence-electron chi connectivity index (χ4n) is 1.60. The lowest BCUT2D eigenvalue weighted by atomic mass is 10.2. The minimum Gasteiger partial charge on any atom is -0.494 e. The van der Waals surface area contributed by atoms with Gasteiger partial charge in [0.25, 0.3) is 0 Å². The van der Waals surface area contributed by atoms with Crippen LogP contribution in [0.4, 0.5) is 0 Å². The Balaban J connectivity index is 2.10. The van der Waals surface area contributed by atoms with Crippen LogP contribution in [-0.4, -0.2) is 46.4 Å². The molecule has 5 nitrogen and oxygen atoms in total. The van der Waals surface area contributed by atoms with Crippen molar-refractivity contribution in [1.82, 2.24) is 10.6 Å². The highest BCUT2D eigenvalue weighted by molar-refractivity contribution is 5.79. The van der Waals surface area contributed by atoms with Crippen LogP contribution in [0.2, 0.25) is 0 Å². The van der Waals surface area contributed by atoms with Crippen molar-refractivity contribution >= 4 is 5.96 Å². The quantitative estimate of drug-likeness (QED) is 0.431. The van der Waals surface area contributed by atoms with E-state index in [0.717, 1.165) is 31.2 Å². The molecular formula is C15H25N3O2. The van der Waals surface area contributed by atoms with Crippen LogP contribution in [0.5, 0.6) is 5.75 Å². The van der Waals surface area contributed by atoms with Crippen LogP contribution in [0.3, 0.4) is 0 Å². The van der Waals surface area contributed by atoms with Crippen LogP contribution in [0, 0.1) is 6.92 Å². The van der Waals surface area contributed by atoms with Crippen LogP contribution in [0.1, 0.15) is 12.0 Å². The number of benzene rings is 1. The molecule has 0 saturated heterocycles. The molecule has 2 N–H and O–H groups in total. The third-order valence-corrected chi connectivity index (χ3v) is 2.73. The first-order valence-electron chi connectivity index (χ1n) is 6.89. The summed E-state index contributed by atoms with van der Waals surface area (Å²) in [5.41, 5.74) is 1.24. The van der Waals surface area contributed by atoms with E-state index in [9.17, 15) is 0 Å². The van der Waals surface area contributed by atoms with Crippen LogP contribution in [0.25, 0.3) is 0 Å². The van der Waals surface area contributed by atoms with Gasteiger partial charge < -0.3 is 20.1 Å². The Bertz CT molecular complexity index is 391. The topological polar surface area (TPSA) is 54.9 Å². The Kier molecular flexibility index (Phi) is 8.22. The Hall–Kier alpha value is -1.75. The summed E-state index contributed by atoms with van der Waals surface area (Å²) in [5, 5.41) is 6.39. The van der Waals surface area contributed by atoms with Crippen molar-refractivity contribution in [2.75, 3.05) is 40.5 Å². The summed E-state index contributed by atoms with van der Waals surface area (Å²) in [6.07, 6.45) is 0.916. The number of hydrogen-bond donors (Lipinski definition) is 2. The van der Waals surface area contributed by atoms with E-state index in [4.69, 9.17) is 9.47 Å². The molecule has 0 aliphatic heterocycles. The summed E-state index contributed by atoms with van der Waals surface area (Å²) in [7, 11) is 3.44. The van der Waals surface area contributed by atoms with Gasteiger partial charge in [-0.15, -0.1) is 0 Å². The van der Waals surface area contributed by atoms with Crippen LogP contribution >= 0.6 is 0 Å². The van der Waals surface area contributed by atoms with E-state index in [2.05, 4.69) is 34.7 Å². The molecule has 0 heterocycles. The van der Waals surface area contributed by atoms with Gasteiger partial charge in [0.05, 0.1) is 13.2 Å². The highest BCUT2D eigenvalue weighted by Gasteiger charge is 1.97. The molecule has 112 valence electrons. The number of guanidine groups is 1. The third-order valence-electron chi connectivity index (χ3n) is 2.73. The number of rotatable bonds is 8. The van der Waals surface area contributed by atoms with Gasteiger partial charge in [0.1, 0.15) is 5.75 Å². The highest BCUT2D eigenvalue weighted by Crippen LogP contribution is 2.11. The second-order valence-electron chi connectivity index (χ2n) is 4.43. The summed E-state index contributed by atoms with van der Waals surface area (Å²) in [6, 6.07) is 8.09. The maximum atomic E-state index is 5.65. The molecule has 1 aromatic carbocycles. The number of aryl methyl sites for hydroxylation is 1. The summed E-state index contributed by atoms with van der Waals surface area (Å²) in [4.78, 5) is 4.12. The molecule has 0 aliphatic carbocycles. The highest BCUT2D eigenvalue weighted by atomic mass is 16.5. The molecule has 20 heavy (non-hydrogen) atoms. The lowest BCUT2D eigenvalue weighted by Gasteiger charge is -2.11. The first kappa shape index (κ1) is 16.3. The van der Waals surface area contributed by atoms with E-state index in [0.29, 0.717) is 13.2 Å². The van der Waals surface area contributed by atoms with Crippen molar-refractivity contribution in [2.45, 2.75) is 13.3 Å². The van der Waals surface area contributed by atoms with Gasteiger partial charge in [-0.05, 0) is 25.5 Å². The zero-order valence-electron chi connectivity index (χ0n) is 12.6. The largest absolute Gasteiger partial charge is 0.494 e. The lowest BCUT2D eigenvalue weighted by molar-refractivity contribution is 0.203. The van der Waals surface area contributed by atoms with Crippen molar-refractivity contribution in [3.63, 3.8) is 0 Å². The number of nitrogens with zero attached hydrogens (tertiary/aromatic N) is 1. The van der Waals surface area contributed by atoms with E-state index in [-0.39, 0.29) is 0 Å². The third kappa shape index (κ3) is 6.99. The molecule has 0 aliphatic rings. The lowest BCUT2D eigenvalue weighted by Crippen LogP contribution is -2.39. The summed E-state index contributed by atoms with van der Waals surface area (Å²) < 4.78 is 10.6. The summed E-state index contributed by atoms with van der Waals surface area (Å²) >= 11 is 0. The molecular weight excluding hydrogens is 254 g/mol. The normalized spacial score (nSPS) is 11.2. The Morgan fingerprint density at radius 1 is 1.10 bits per heavy atom. The molecule has 0 atom stereocenters. The fourth-order valence-corrected chi connectivity index (χ4v) is 1.60. The predicted octanol–water partition coefficient (Wildman–Crippen LogP) is 1.58. The van der Waals surface area contributed by atoms with Crippen molar-refractivity contribution in [3.05, 3.63) is 29.8 Å². The van der Waals surface area contributed by atoms with Gasteiger partial charge >= 0.3 is 0 Å². The molecule has 0 radical (unpaired) electrons. The molecule has 0 fully saturated rings. The number of nitrogens with one attached hydrogen (secondary N) is 2. The molecule has 0 spiro atoms. The molecule has 0 bridgehead atoms. The Labute approximate surface area is 121 Å². The maximum absolute atomic E-state index is 5.65. The first-order valence-corrected chi connectivity index (χ1v) is 6.89. The fraction of sp³-hybridized carbons (Fsp3) is 0.533. The second-order valence-corrected chi connectivity index (χ2v) is 4.43. The zero-order chi connectivity index (χ0) is 14.6. The zero-order valence-corrected chi connectivity index (χ0v) is 12.6. The van der Waals surface area contributed by atoms with Gasteiger partial charge in [0.15, 0.2) is 5.96 Å². The standard InChI is InChI=1S/C15H25N3O2/c1-13-5-7-14(8-6-13)20-11-4-9-17-15(16-2)18-10-12-19-3/h5-8H,4,9-12H2,1-3H3,(H2,16,17,18). The van der Waals surface area contributed by atoms with Gasteiger partial charge in [-0.3, -0.25) is 4.99 Å². The van der Waals surface area contributed by atoms with Crippen molar-refractivity contribution < 1.29 is 9.47 Å². The second kappa shape index (κ2) is 10.1. The van der Waals surface area contributed by atoms with Crippen LogP contribution in [0.15, 0.2) is 29.3 Å². The SMILES string of the molecule is CN=C(NCCCOc1ccc(C)cc1)NCCOC. The number of hydrogen-bond acceptors (Lipinski definition) is 3. The molecule has 0 unspecified atom stereocenters. The van der Waals surface area contributed by atoms with Crippen LogP contribution < -0.4 is 15.4 Å². The van der Waals surface area contributed by atoms with E-state index in [1.807, 2.05) is 12.1 Å².